The summed E-state index contributed by atoms with van der Waals surface area (Å²) < 4.78 is 15.4. The molecular weight excluding hydrogens is 308 g/mol. The molecule has 0 radical (unpaired) electrons. The van der Waals surface area contributed by atoms with Gasteiger partial charge in [-0.2, -0.15) is 0 Å². The van der Waals surface area contributed by atoms with Crippen LogP contribution in [0.2, 0.25) is 5.15 Å². The largest absolute Gasteiger partial charge is 0.493 e. The van der Waals surface area contributed by atoms with Crippen LogP contribution in [-0.4, -0.2) is 37.0 Å². The minimum atomic E-state index is -0.538. The molecule has 0 fully saturated rings. The van der Waals surface area contributed by atoms with Crippen molar-refractivity contribution in [1.29, 1.82) is 0 Å². The Labute approximate surface area is 133 Å². The third kappa shape index (κ3) is 3.28. The average molecular weight is 323 g/mol. The first kappa shape index (κ1) is 16.0. The molecule has 1 aromatic carbocycles. The van der Waals surface area contributed by atoms with E-state index in [1.807, 2.05) is 0 Å². The summed E-state index contributed by atoms with van der Waals surface area (Å²) in [5, 5.41) is 7.80. The van der Waals surface area contributed by atoms with E-state index in [-0.39, 0.29) is 17.3 Å². The lowest BCUT2D eigenvalue weighted by molar-refractivity contribution is 0.0526. The van der Waals surface area contributed by atoms with Crippen LogP contribution in [0.1, 0.15) is 17.3 Å². The predicted octanol–water partition coefficient (Wildman–Crippen LogP) is 2.99. The van der Waals surface area contributed by atoms with Crippen LogP contribution in [0.3, 0.4) is 0 Å². The van der Waals surface area contributed by atoms with Crippen LogP contribution in [0.15, 0.2) is 24.3 Å². The monoisotopic (exact) mass is 322 g/mol. The molecule has 2 rings (SSSR count). The number of benzene rings is 1. The Morgan fingerprint density at radius 2 is 1.86 bits per heavy atom. The number of ether oxygens (including phenoxy) is 3. The van der Waals surface area contributed by atoms with E-state index >= 15 is 0 Å². The highest BCUT2D eigenvalue weighted by molar-refractivity contribution is 6.32. The van der Waals surface area contributed by atoms with Crippen LogP contribution in [-0.2, 0) is 4.74 Å². The second-order valence-electron chi connectivity index (χ2n) is 4.22. The van der Waals surface area contributed by atoms with Gasteiger partial charge in [-0.05, 0) is 31.2 Å². The van der Waals surface area contributed by atoms with Crippen molar-refractivity contribution in [3.05, 3.63) is 35.0 Å². The molecule has 0 aliphatic rings. The van der Waals surface area contributed by atoms with Crippen molar-refractivity contribution >= 4 is 17.6 Å². The third-order valence-corrected chi connectivity index (χ3v) is 3.20. The number of carbonyl (C=O) groups excluding carboxylic acids is 1. The second kappa shape index (κ2) is 7.09. The van der Waals surface area contributed by atoms with Crippen molar-refractivity contribution in [2.24, 2.45) is 0 Å². The molecule has 7 heteroatoms. The van der Waals surface area contributed by atoms with Gasteiger partial charge in [-0.3, -0.25) is 0 Å². The fourth-order valence-corrected chi connectivity index (χ4v) is 2.03. The summed E-state index contributed by atoms with van der Waals surface area (Å²) in [6.07, 6.45) is 0. The van der Waals surface area contributed by atoms with Crippen molar-refractivity contribution in [3.8, 4) is 22.8 Å². The molecular formula is C15H15ClN2O4. The van der Waals surface area contributed by atoms with Gasteiger partial charge in [-0.1, -0.05) is 11.6 Å². The number of carbonyl (C=O) groups is 1. The Kier molecular flexibility index (Phi) is 5.16. The van der Waals surface area contributed by atoms with Gasteiger partial charge >= 0.3 is 5.97 Å². The van der Waals surface area contributed by atoms with Gasteiger partial charge in [0.25, 0.3) is 0 Å². The van der Waals surface area contributed by atoms with Crippen molar-refractivity contribution in [1.82, 2.24) is 10.2 Å². The molecule has 0 bridgehead atoms. The van der Waals surface area contributed by atoms with Crippen LogP contribution in [0, 0.1) is 0 Å². The highest BCUT2D eigenvalue weighted by Crippen LogP contribution is 2.32. The Morgan fingerprint density at radius 1 is 1.14 bits per heavy atom. The Hall–Kier alpha value is -2.34. The quantitative estimate of drug-likeness (QED) is 0.788. The summed E-state index contributed by atoms with van der Waals surface area (Å²) in [7, 11) is 3.09. The van der Waals surface area contributed by atoms with Gasteiger partial charge in [0.2, 0.25) is 0 Å². The molecule has 0 atom stereocenters. The molecule has 0 spiro atoms. The van der Waals surface area contributed by atoms with Gasteiger partial charge in [0.05, 0.1) is 26.5 Å². The summed E-state index contributed by atoms with van der Waals surface area (Å²) >= 11 is 5.90. The minimum absolute atomic E-state index is 0.00248. The molecule has 1 aromatic heterocycles. The number of halogens is 1. The number of hydrogen-bond acceptors (Lipinski definition) is 6. The molecule has 0 amide bonds. The average Bonchev–Trinajstić information content (AvgIpc) is 2.54. The molecule has 0 N–H and O–H groups in total. The standard InChI is InChI=1S/C15H15ClN2O4/c1-4-22-15(19)10-8-11(17-18-14(10)16)9-5-6-12(20-2)13(7-9)21-3/h5-8H,4H2,1-3H3. The van der Waals surface area contributed by atoms with Gasteiger partial charge in [0.1, 0.15) is 5.56 Å². The summed E-state index contributed by atoms with van der Waals surface area (Å²) in [6.45, 7) is 1.97. The van der Waals surface area contributed by atoms with E-state index < -0.39 is 5.97 Å². The van der Waals surface area contributed by atoms with E-state index in [9.17, 15) is 4.79 Å². The number of aromatic nitrogens is 2. The molecule has 0 saturated carbocycles. The maximum atomic E-state index is 11.9. The Balaban J connectivity index is 2.45. The van der Waals surface area contributed by atoms with E-state index in [2.05, 4.69) is 10.2 Å². The van der Waals surface area contributed by atoms with E-state index in [4.69, 9.17) is 25.8 Å². The summed E-state index contributed by atoms with van der Waals surface area (Å²) in [5.74, 6) is 0.609. The molecule has 0 saturated heterocycles. The zero-order valence-electron chi connectivity index (χ0n) is 12.4. The number of nitrogens with zero attached hydrogens (tertiary/aromatic N) is 2. The van der Waals surface area contributed by atoms with Gasteiger partial charge in [0, 0.05) is 5.56 Å². The molecule has 2 aromatic rings. The van der Waals surface area contributed by atoms with Crippen LogP contribution in [0.5, 0.6) is 11.5 Å². The molecule has 0 aliphatic carbocycles. The Morgan fingerprint density at radius 3 is 2.50 bits per heavy atom. The van der Waals surface area contributed by atoms with Gasteiger partial charge < -0.3 is 14.2 Å². The number of hydrogen-bond donors (Lipinski definition) is 0. The summed E-state index contributed by atoms with van der Waals surface area (Å²) in [6, 6.07) is 6.81. The predicted molar refractivity (Wildman–Crippen MR) is 81.5 cm³/mol. The highest BCUT2D eigenvalue weighted by atomic mass is 35.5. The summed E-state index contributed by atoms with van der Waals surface area (Å²) in [4.78, 5) is 11.9. The first-order valence-corrected chi connectivity index (χ1v) is 6.91. The zero-order valence-corrected chi connectivity index (χ0v) is 13.2. The number of esters is 1. The maximum absolute atomic E-state index is 11.9. The molecule has 0 unspecified atom stereocenters. The zero-order chi connectivity index (χ0) is 16.1. The number of methoxy groups -OCH3 is 2. The van der Waals surface area contributed by atoms with E-state index in [1.165, 1.54) is 6.07 Å². The van der Waals surface area contributed by atoms with Gasteiger partial charge in [-0.25, -0.2) is 4.79 Å². The third-order valence-electron chi connectivity index (χ3n) is 2.92. The van der Waals surface area contributed by atoms with Crippen molar-refractivity contribution in [2.75, 3.05) is 20.8 Å². The van der Waals surface area contributed by atoms with Crippen molar-refractivity contribution in [3.63, 3.8) is 0 Å². The summed E-state index contributed by atoms with van der Waals surface area (Å²) in [5.41, 5.74) is 1.36. The lowest BCUT2D eigenvalue weighted by Crippen LogP contribution is -2.07. The lowest BCUT2D eigenvalue weighted by Gasteiger charge is -2.10. The highest BCUT2D eigenvalue weighted by Gasteiger charge is 2.16. The fraction of sp³-hybridized carbons (Fsp3) is 0.267. The minimum Gasteiger partial charge on any atom is -0.493 e. The van der Waals surface area contributed by atoms with Crippen molar-refractivity contribution in [2.45, 2.75) is 6.92 Å². The fourth-order valence-electron chi connectivity index (χ4n) is 1.87. The topological polar surface area (TPSA) is 70.5 Å². The first-order chi connectivity index (χ1) is 10.6. The maximum Gasteiger partial charge on any atom is 0.341 e. The Bertz CT molecular complexity index is 691. The molecule has 116 valence electrons. The second-order valence-corrected chi connectivity index (χ2v) is 4.58. The SMILES string of the molecule is CCOC(=O)c1cc(-c2ccc(OC)c(OC)c2)nnc1Cl. The van der Waals surface area contributed by atoms with Crippen molar-refractivity contribution < 1.29 is 19.0 Å². The van der Waals surface area contributed by atoms with Crippen LogP contribution < -0.4 is 9.47 Å². The van der Waals surface area contributed by atoms with E-state index in [0.717, 1.165) is 0 Å². The van der Waals surface area contributed by atoms with Gasteiger partial charge in [0.15, 0.2) is 16.7 Å². The molecule has 6 nitrogen and oxygen atoms in total. The van der Waals surface area contributed by atoms with Crippen LogP contribution in [0.4, 0.5) is 0 Å². The number of rotatable bonds is 5. The lowest BCUT2D eigenvalue weighted by atomic mass is 10.1. The smallest absolute Gasteiger partial charge is 0.341 e. The van der Waals surface area contributed by atoms with Gasteiger partial charge in [-0.15, -0.1) is 10.2 Å². The van der Waals surface area contributed by atoms with E-state index in [0.29, 0.717) is 22.8 Å². The molecule has 0 aliphatic heterocycles. The normalized spacial score (nSPS) is 10.2. The molecule has 22 heavy (non-hydrogen) atoms. The van der Waals surface area contributed by atoms with E-state index in [1.54, 1.807) is 39.3 Å². The first-order valence-electron chi connectivity index (χ1n) is 6.53. The van der Waals surface area contributed by atoms with Crippen LogP contribution in [0.25, 0.3) is 11.3 Å². The molecule has 1 heterocycles. The van der Waals surface area contributed by atoms with Crippen LogP contribution >= 0.6 is 11.6 Å².